The molecule has 1 aromatic rings. The molecule has 2 N–H and O–H groups in total. The van der Waals surface area contributed by atoms with Gasteiger partial charge in [0, 0.05) is 19.5 Å². The average Bonchev–Trinajstić information content (AvgIpc) is 2.44. The van der Waals surface area contributed by atoms with Crippen LogP contribution in [0, 0.1) is 6.92 Å². The van der Waals surface area contributed by atoms with Crippen LogP contribution < -0.4 is 5.73 Å². The summed E-state index contributed by atoms with van der Waals surface area (Å²) < 4.78 is 0. The van der Waals surface area contributed by atoms with Crippen LogP contribution in [-0.4, -0.2) is 23.9 Å². The van der Waals surface area contributed by atoms with Crippen LogP contribution in [0.15, 0.2) is 24.3 Å². The molecule has 3 heteroatoms. The molecule has 1 amide bonds. The lowest BCUT2D eigenvalue weighted by Crippen LogP contribution is -2.30. The van der Waals surface area contributed by atoms with E-state index >= 15 is 0 Å². The summed E-state index contributed by atoms with van der Waals surface area (Å²) in [7, 11) is 0. The van der Waals surface area contributed by atoms with Gasteiger partial charge >= 0.3 is 0 Å². The molecule has 0 heterocycles. The number of unbranched alkanes of at least 4 members (excludes halogenated alkanes) is 3. The zero-order chi connectivity index (χ0) is 14.8. The van der Waals surface area contributed by atoms with E-state index in [1.165, 1.54) is 11.1 Å². The summed E-state index contributed by atoms with van der Waals surface area (Å²) in [5.74, 6) is 0.266. The van der Waals surface area contributed by atoms with Gasteiger partial charge in [0.15, 0.2) is 0 Å². The van der Waals surface area contributed by atoms with Gasteiger partial charge < -0.3 is 10.6 Å². The molecule has 0 unspecified atom stereocenters. The second-order valence-corrected chi connectivity index (χ2v) is 5.35. The highest BCUT2D eigenvalue weighted by Crippen LogP contribution is 2.10. The number of carbonyl (C=O) groups is 1. The Morgan fingerprint density at radius 3 is 2.60 bits per heavy atom. The van der Waals surface area contributed by atoms with Crippen LogP contribution in [0.5, 0.6) is 0 Å². The topological polar surface area (TPSA) is 46.3 Å². The zero-order valence-electron chi connectivity index (χ0n) is 12.9. The van der Waals surface area contributed by atoms with Gasteiger partial charge in [0.05, 0.1) is 0 Å². The third-order valence-electron chi connectivity index (χ3n) is 3.54. The summed E-state index contributed by atoms with van der Waals surface area (Å²) in [6.45, 7) is 6.37. The molecule has 0 bridgehead atoms. The maximum absolute atomic E-state index is 12.2. The summed E-state index contributed by atoms with van der Waals surface area (Å²) in [5, 5.41) is 0. The van der Waals surface area contributed by atoms with Crippen LogP contribution in [0.1, 0.15) is 50.2 Å². The van der Waals surface area contributed by atoms with E-state index in [4.69, 9.17) is 5.73 Å². The van der Waals surface area contributed by atoms with Crippen molar-refractivity contribution < 1.29 is 4.79 Å². The largest absolute Gasteiger partial charge is 0.339 e. The first-order valence-corrected chi connectivity index (χ1v) is 7.70. The number of hydrogen-bond acceptors (Lipinski definition) is 2. The first-order chi connectivity index (χ1) is 9.67. The van der Waals surface area contributed by atoms with Crippen molar-refractivity contribution in [3.05, 3.63) is 35.4 Å². The molecule has 0 radical (unpaired) electrons. The number of nitrogens with zero attached hydrogens (tertiary/aromatic N) is 1. The first-order valence-electron chi connectivity index (χ1n) is 7.70. The molecule has 0 aliphatic carbocycles. The molecule has 3 nitrogen and oxygen atoms in total. The van der Waals surface area contributed by atoms with E-state index in [1.54, 1.807) is 0 Å². The Labute approximate surface area is 123 Å². The Morgan fingerprint density at radius 1 is 1.20 bits per heavy atom. The predicted molar refractivity (Wildman–Crippen MR) is 84.4 cm³/mol. The number of aryl methyl sites for hydroxylation is 1. The Hall–Kier alpha value is -1.35. The van der Waals surface area contributed by atoms with Gasteiger partial charge in [-0.2, -0.15) is 0 Å². The molecule has 0 saturated heterocycles. The Kier molecular flexibility index (Phi) is 7.97. The van der Waals surface area contributed by atoms with E-state index in [0.717, 1.165) is 45.3 Å². The molecule has 20 heavy (non-hydrogen) atoms. The number of amides is 1. The van der Waals surface area contributed by atoms with Crippen molar-refractivity contribution in [3.63, 3.8) is 0 Å². The summed E-state index contributed by atoms with van der Waals surface area (Å²) in [4.78, 5) is 14.1. The van der Waals surface area contributed by atoms with E-state index in [-0.39, 0.29) is 5.91 Å². The molecule has 0 saturated carbocycles. The van der Waals surface area contributed by atoms with Gasteiger partial charge in [0.25, 0.3) is 0 Å². The monoisotopic (exact) mass is 276 g/mol. The maximum Gasteiger partial charge on any atom is 0.222 e. The molecule has 0 atom stereocenters. The van der Waals surface area contributed by atoms with Crippen LogP contribution in [-0.2, 0) is 11.3 Å². The normalized spacial score (nSPS) is 10.6. The van der Waals surface area contributed by atoms with Crippen LogP contribution in [0.25, 0.3) is 0 Å². The molecular weight excluding hydrogens is 248 g/mol. The molecule has 1 rings (SSSR count). The van der Waals surface area contributed by atoms with Crippen molar-refractivity contribution in [1.29, 1.82) is 0 Å². The molecule has 0 aliphatic heterocycles. The van der Waals surface area contributed by atoms with Gasteiger partial charge in [-0.1, -0.05) is 42.7 Å². The fraction of sp³-hybridized carbons (Fsp3) is 0.588. The lowest BCUT2D eigenvalue weighted by Gasteiger charge is -2.21. The minimum Gasteiger partial charge on any atom is -0.339 e. The average molecular weight is 276 g/mol. The van der Waals surface area contributed by atoms with Gasteiger partial charge in [-0.05, 0) is 38.8 Å². The fourth-order valence-electron chi connectivity index (χ4n) is 2.34. The van der Waals surface area contributed by atoms with Crippen LogP contribution in [0.2, 0.25) is 0 Å². The second-order valence-electron chi connectivity index (χ2n) is 5.35. The minimum absolute atomic E-state index is 0.266. The zero-order valence-corrected chi connectivity index (χ0v) is 12.9. The highest BCUT2D eigenvalue weighted by atomic mass is 16.2. The molecule has 0 fully saturated rings. The summed E-state index contributed by atoms with van der Waals surface area (Å²) in [5.41, 5.74) is 7.92. The van der Waals surface area contributed by atoms with E-state index < -0.39 is 0 Å². The highest BCUT2D eigenvalue weighted by molar-refractivity contribution is 5.76. The number of carbonyl (C=O) groups excluding carboxylic acids is 1. The first kappa shape index (κ1) is 16.7. The number of rotatable bonds is 9. The third-order valence-corrected chi connectivity index (χ3v) is 3.54. The maximum atomic E-state index is 12.2. The standard InChI is InChI=1S/C17H28N2O/c1-3-19(14-16-10-8-9-15(2)13-16)17(20)11-6-4-5-7-12-18/h8-10,13H,3-7,11-12,14,18H2,1-2H3. The summed E-state index contributed by atoms with van der Waals surface area (Å²) >= 11 is 0. The van der Waals surface area contributed by atoms with Crippen molar-refractivity contribution >= 4 is 5.91 Å². The van der Waals surface area contributed by atoms with Crippen molar-refractivity contribution in [3.8, 4) is 0 Å². The number of hydrogen-bond donors (Lipinski definition) is 1. The van der Waals surface area contributed by atoms with Gasteiger partial charge in [0.2, 0.25) is 5.91 Å². The van der Waals surface area contributed by atoms with Crippen LogP contribution in [0.3, 0.4) is 0 Å². The Balaban J connectivity index is 2.39. The van der Waals surface area contributed by atoms with E-state index in [2.05, 4.69) is 31.2 Å². The minimum atomic E-state index is 0.266. The number of nitrogens with two attached hydrogens (primary N) is 1. The SMILES string of the molecule is CCN(Cc1cccc(C)c1)C(=O)CCCCCCN. The third kappa shape index (κ3) is 6.20. The second kappa shape index (κ2) is 9.54. The molecular formula is C17H28N2O. The van der Waals surface area contributed by atoms with Crippen LogP contribution >= 0.6 is 0 Å². The van der Waals surface area contributed by atoms with E-state index in [1.807, 2.05) is 11.8 Å². The molecule has 1 aromatic carbocycles. The van der Waals surface area contributed by atoms with Crippen LogP contribution in [0.4, 0.5) is 0 Å². The van der Waals surface area contributed by atoms with Gasteiger partial charge in [-0.25, -0.2) is 0 Å². The van der Waals surface area contributed by atoms with Gasteiger partial charge in [-0.15, -0.1) is 0 Å². The Morgan fingerprint density at radius 2 is 1.95 bits per heavy atom. The fourth-order valence-corrected chi connectivity index (χ4v) is 2.34. The lowest BCUT2D eigenvalue weighted by molar-refractivity contribution is -0.131. The molecule has 0 spiro atoms. The predicted octanol–water partition coefficient (Wildman–Crippen LogP) is 3.25. The van der Waals surface area contributed by atoms with Gasteiger partial charge in [-0.3, -0.25) is 4.79 Å². The lowest BCUT2D eigenvalue weighted by atomic mass is 10.1. The summed E-state index contributed by atoms with van der Waals surface area (Å²) in [6.07, 6.45) is 4.93. The number of benzene rings is 1. The summed E-state index contributed by atoms with van der Waals surface area (Å²) in [6, 6.07) is 8.37. The van der Waals surface area contributed by atoms with E-state index in [0.29, 0.717) is 6.42 Å². The Bertz CT molecular complexity index is 404. The molecule has 0 aromatic heterocycles. The molecule has 0 aliphatic rings. The van der Waals surface area contributed by atoms with Crippen molar-refractivity contribution in [2.45, 2.75) is 52.5 Å². The van der Waals surface area contributed by atoms with Crippen molar-refractivity contribution in [2.24, 2.45) is 5.73 Å². The quantitative estimate of drug-likeness (QED) is 0.704. The van der Waals surface area contributed by atoms with Gasteiger partial charge in [0.1, 0.15) is 0 Å². The van der Waals surface area contributed by atoms with Crippen molar-refractivity contribution in [2.75, 3.05) is 13.1 Å². The highest BCUT2D eigenvalue weighted by Gasteiger charge is 2.11. The van der Waals surface area contributed by atoms with Crippen molar-refractivity contribution in [1.82, 2.24) is 4.90 Å². The smallest absolute Gasteiger partial charge is 0.222 e. The van der Waals surface area contributed by atoms with E-state index in [9.17, 15) is 4.79 Å². The molecule has 112 valence electrons.